The molecular weight excluding hydrogens is 420 g/mol. The number of hydrazine groups is 1. The number of aromatic nitrogens is 2. The number of benzene rings is 2. The molecule has 1 fully saturated rings. The Balaban J connectivity index is 1.42. The van der Waals surface area contributed by atoms with Gasteiger partial charge in [0, 0.05) is 23.6 Å². The Labute approximate surface area is 182 Å². The van der Waals surface area contributed by atoms with Crippen molar-refractivity contribution in [3.63, 3.8) is 0 Å². The van der Waals surface area contributed by atoms with E-state index in [2.05, 4.69) is 15.8 Å². The van der Waals surface area contributed by atoms with E-state index in [0.29, 0.717) is 27.8 Å². The zero-order chi connectivity index (χ0) is 20.9. The minimum Gasteiger partial charge on any atom is -0.483 e. The van der Waals surface area contributed by atoms with E-state index in [4.69, 9.17) is 4.74 Å². The van der Waals surface area contributed by atoms with Gasteiger partial charge in [-0.1, -0.05) is 30.3 Å². The monoisotopic (exact) mass is 442 g/mol. The highest BCUT2D eigenvalue weighted by atomic mass is 32.2. The summed E-state index contributed by atoms with van der Waals surface area (Å²) in [5.41, 5.74) is 6.86. The first-order valence-electron chi connectivity index (χ1n) is 9.66. The van der Waals surface area contributed by atoms with Gasteiger partial charge in [0.25, 0.3) is 11.5 Å². The molecule has 0 aliphatic carbocycles. The second-order valence-electron chi connectivity index (χ2n) is 6.58. The maximum absolute atomic E-state index is 12.6. The lowest BCUT2D eigenvalue weighted by atomic mass is 10.2. The van der Waals surface area contributed by atoms with Gasteiger partial charge < -0.3 is 4.74 Å². The maximum atomic E-state index is 12.6. The number of amides is 1. The van der Waals surface area contributed by atoms with E-state index in [9.17, 15) is 9.59 Å². The van der Waals surface area contributed by atoms with E-state index in [1.807, 2.05) is 60.8 Å². The van der Waals surface area contributed by atoms with Gasteiger partial charge in [0.1, 0.15) is 5.75 Å². The zero-order valence-electron chi connectivity index (χ0n) is 16.5. The van der Waals surface area contributed by atoms with Crippen molar-refractivity contribution in [3.8, 4) is 5.75 Å². The van der Waals surface area contributed by atoms with Crippen LogP contribution in [0.4, 0.5) is 5.95 Å². The number of hydrogen-bond acceptors (Lipinski definition) is 7. The van der Waals surface area contributed by atoms with Crippen molar-refractivity contribution in [2.24, 2.45) is 0 Å². The van der Waals surface area contributed by atoms with Gasteiger partial charge in [-0.05, 0) is 25.1 Å². The molecule has 2 N–H and O–H groups in total. The number of rotatable bonds is 7. The standard InChI is InChI=1S/C21H22N4O3S2/c1-2-25-19(27)14-7-3-5-9-16(14)22-21(25)24-23-18(26)13-28-17-10-6-4-8-15(17)20-29-11-12-30-20/h3-10,20H,2,11-13H2,1H3,(H,22,24)(H,23,26). The molecule has 0 bridgehead atoms. The first-order valence-corrected chi connectivity index (χ1v) is 11.8. The van der Waals surface area contributed by atoms with Crippen molar-refractivity contribution in [1.82, 2.24) is 15.0 Å². The minimum atomic E-state index is -0.360. The average Bonchev–Trinajstić information content (AvgIpc) is 3.31. The predicted molar refractivity (Wildman–Crippen MR) is 123 cm³/mol. The van der Waals surface area contributed by atoms with Gasteiger partial charge in [-0.3, -0.25) is 25.0 Å². The van der Waals surface area contributed by atoms with Crippen LogP contribution in [0.2, 0.25) is 0 Å². The summed E-state index contributed by atoms with van der Waals surface area (Å²) in [5, 5.41) is 0.541. The fraction of sp³-hybridized carbons (Fsp3) is 0.286. The molecule has 1 aliphatic heterocycles. The van der Waals surface area contributed by atoms with Crippen LogP contribution < -0.4 is 21.1 Å². The number of carbonyl (C=O) groups is 1. The number of ether oxygens (including phenoxy) is 1. The first kappa shape index (κ1) is 20.6. The quantitative estimate of drug-likeness (QED) is 0.542. The van der Waals surface area contributed by atoms with Crippen molar-refractivity contribution < 1.29 is 9.53 Å². The van der Waals surface area contributed by atoms with Crippen molar-refractivity contribution in [1.29, 1.82) is 0 Å². The third-order valence-corrected chi connectivity index (χ3v) is 7.71. The van der Waals surface area contributed by atoms with E-state index in [1.165, 1.54) is 4.57 Å². The van der Waals surface area contributed by atoms with Gasteiger partial charge in [-0.15, -0.1) is 23.5 Å². The summed E-state index contributed by atoms with van der Waals surface area (Å²) in [6.45, 7) is 2.13. The number of carbonyl (C=O) groups excluding carboxylic acids is 1. The summed E-state index contributed by atoms with van der Waals surface area (Å²) >= 11 is 3.77. The second kappa shape index (κ2) is 9.44. The molecule has 4 rings (SSSR count). The highest BCUT2D eigenvalue weighted by Crippen LogP contribution is 2.48. The Morgan fingerprint density at radius 2 is 1.90 bits per heavy atom. The molecule has 1 aliphatic rings. The molecule has 1 aromatic heterocycles. The van der Waals surface area contributed by atoms with E-state index in [-0.39, 0.29) is 24.0 Å². The maximum Gasteiger partial charge on any atom is 0.276 e. The van der Waals surface area contributed by atoms with E-state index in [1.54, 1.807) is 18.2 Å². The van der Waals surface area contributed by atoms with Gasteiger partial charge in [-0.25, -0.2) is 4.98 Å². The Bertz CT molecular complexity index is 1110. The molecule has 3 aromatic rings. The van der Waals surface area contributed by atoms with Gasteiger partial charge >= 0.3 is 0 Å². The molecule has 9 heteroatoms. The number of nitrogens with one attached hydrogen (secondary N) is 2. The fourth-order valence-electron chi connectivity index (χ4n) is 3.21. The number of thioether (sulfide) groups is 2. The van der Waals surface area contributed by atoms with Crippen LogP contribution in [-0.2, 0) is 11.3 Å². The molecule has 156 valence electrons. The topological polar surface area (TPSA) is 85.2 Å². The van der Waals surface area contributed by atoms with Gasteiger partial charge in [-0.2, -0.15) is 0 Å². The summed E-state index contributed by atoms with van der Waals surface area (Å²) in [7, 11) is 0. The number of nitrogens with zero attached hydrogens (tertiary/aromatic N) is 2. The van der Waals surface area contributed by atoms with Gasteiger partial charge in [0.15, 0.2) is 6.61 Å². The molecule has 0 spiro atoms. The van der Waals surface area contributed by atoms with Crippen LogP contribution >= 0.6 is 23.5 Å². The zero-order valence-corrected chi connectivity index (χ0v) is 18.1. The second-order valence-corrected chi connectivity index (χ2v) is 9.30. The molecule has 2 heterocycles. The van der Waals surface area contributed by atoms with Crippen molar-refractivity contribution in [2.75, 3.05) is 23.5 Å². The molecule has 7 nitrogen and oxygen atoms in total. The van der Waals surface area contributed by atoms with Crippen LogP contribution in [0.5, 0.6) is 5.75 Å². The van der Waals surface area contributed by atoms with Gasteiger partial charge in [0.05, 0.1) is 15.5 Å². The molecule has 0 unspecified atom stereocenters. The van der Waals surface area contributed by atoms with Crippen LogP contribution in [0.3, 0.4) is 0 Å². The molecule has 2 aromatic carbocycles. The summed E-state index contributed by atoms with van der Waals surface area (Å²) in [5.74, 6) is 2.88. The smallest absolute Gasteiger partial charge is 0.276 e. The molecule has 30 heavy (non-hydrogen) atoms. The molecule has 0 saturated carbocycles. The lowest BCUT2D eigenvalue weighted by molar-refractivity contribution is -0.122. The van der Waals surface area contributed by atoms with Crippen LogP contribution in [0.1, 0.15) is 17.1 Å². The summed E-state index contributed by atoms with van der Waals surface area (Å²) < 4.78 is 7.60. The van der Waals surface area contributed by atoms with E-state index < -0.39 is 0 Å². The number of anilines is 1. The van der Waals surface area contributed by atoms with Crippen molar-refractivity contribution >= 4 is 46.3 Å². The largest absolute Gasteiger partial charge is 0.483 e. The summed E-state index contributed by atoms with van der Waals surface area (Å²) in [6.07, 6.45) is 0. The molecule has 1 amide bonds. The van der Waals surface area contributed by atoms with E-state index >= 15 is 0 Å². The Morgan fingerprint density at radius 3 is 2.70 bits per heavy atom. The Kier molecular flexibility index (Phi) is 6.49. The Hall–Kier alpha value is -2.65. The van der Waals surface area contributed by atoms with Crippen molar-refractivity contribution in [2.45, 2.75) is 18.1 Å². The third kappa shape index (κ3) is 4.41. The minimum absolute atomic E-state index is 0.143. The van der Waals surface area contributed by atoms with Gasteiger partial charge in [0.2, 0.25) is 5.95 Å². The SMILES string of the molecule is CCn1c(NNC(=O)COc2ccccc2C2SCCS2)nc2ccccc2c1=O. The van der Waals surface area contributed by atoms with Crippen LogP contribution in [-0.4, -0.2) is 33.6 Å². The number of para-hydroxylation sites is 2. The normalized spacial score (nSPS) is 14.0. The fourth-order valence-corrected chi connectivity index (χ4v) is 6.12. The van der Waals surface area contributed by atoms with Crippen molar-refractivity contribution in [3.05, 3.63) is 64.4 Å². The van der Waals surface area contributed by atoms with Crippen LogP contribution in [0.15, 0.2) is 53.3 Å². The summed E-state index contributed by atoms with van der Waals surface area (Å²) in [6, 6.07) is 14.9. The molecule has 0 atom stereocenters. The molecule has 1 saturated heterocycles. The summed E-state index contributed by atoms with van der Waals surface area (Å²) in [4.78, 5) is 29.4. The number of fused-ring (bicyclic) bond motifs is 1. The average molecular weight is 443 g/mol. The highest BCUT2D eigenvalue weighted by Gasteiger charge is 2.22. The number of hydrogen-bond donors (Lipinski definition) is 2. The van der Waals surface area contributed by atoms with Crippen LogP contribution in [0.25, 0.3) is 10.9 Å². The Morgan fingerprint density at radius 1 is 1.17 bits per heavy atom. The third-order valence-electron chi connectivity index (χ3n) is 4.65. The van der Waals surface area contributed by atoms with E-state index in [0.717, 1.165) is 17.1 Å². The first-order chi connectivity index (χ1) is 14.7. The predicted octanol–water partition coefficient (Wildman–Crippen LogP) is 3.42. The van der Waals surface area contributed by atoms with Crippen LogP contribution in [0, 0.1) is 0 Å². The lowest BCUT2D eigenvalue weighted by Gasteiger charge is -2.16. The molecular formula is C21H22N4O3S2. The highest BCUT2D eigenvalue weighted by molar-refractivity contribution is 8.19. The lowest BCUT2D eigenvalue weighted by Crippen LogP contribution is -2.37. The molecule has 0 radical (unpaired) electrons.